The summed E-state index contributed by atoms with van der Waals surface area (Å²) in [6, 6.07) is 7.42. The lowest BCUT2D eigenvalue weighted by atomic mass is 10.2. The van der Waals surface area contributed by atoms with Gasteiger partial charge in [-0.05, 0) is 25.0 Å². The van der Waals surface area contributed by atoms with Gasteiger partial charge in [-0.1, -0.05) is 28.1 Å². The third-order valence-electron chi connectivity index (χ3n) is 2.73. The first-order valence-corrected chi connectivity index (χ1v) is 7.11. The van der Waals surface area contributed by atoms with Gasteiger partial charge < -0.3 is 14.8 Å². The molecule has 0 saturated carbocycles. The molecule has 1 saturated heterocycles. The molecule has 1 fully saturated rings. The summed E-state index contributed by atoms with van der Waals surface area (Å²) in [7, 11) is 0. The highest BCUT2D eigenvalue weighted by molar-refractivity contribution is 9.09. The maximum Gasteiger partial charge on any atom is 0.235 e. The van der Waals surface area contributed by atoms with E-state index in [2.05, 4.69) is 21.2 Å². The van der Waals surface area contributed by atoms with E-state index in [1.165, 1.54) is 0 Å². The molecule has 1 N–H and O–H groups in total. The lowest BCUT2D eigenvalue weighted by molar-refractivity contribution is -0.113. The molecule has 0 spiro atoms. The SMILES string of the molecule is O=C(CBr)Nc1ccccc1OC[C@H]1CCCO1. The van der Waals surface area contributed by atoms with Crippen molar-refractivity contribution in [2.45, 2.75) is 18.9 Å². The number of carbonyl (C=O) groups excluding carboxylic acids is 1. The second kappa shape index (κ2) is 6.75. The van der Waals surface area contributed by atoms with Gasteiger partial charge in [0.2, 0.25) is 5.91 Å². The van der Waals surface area contributed by atoms with Crippen molar-refractivity contribution >= 4 is 27.5 Å². The number of anilines is 1. The van der Waals surface area contributed by atoms with E-state index in [0.717, 1.165) is 19.4 Å². The first-order chi connectivity index (χ1) is 8.79. The molecule has 1 aromatic rings. The Kier molecular flexibility index (Phi) is 5.01. The summed E-state index contributed by atoms with van der Waals surface area (Å²) in [5, 5.41) is 3.05. The van der Waals surface area contributed by atoms with E-state index in [0.29, 0.717) is 18.0 Å². The zero-order chi connectivity index (χ0) is 12.8. The maximum absolute atomic E-state index is 11.4. The standard InChI is InChI=1S/C13H16BrNO3/c14-8-13(16)15-11-5-1-2-6-12(11)18-9-10-4-3-7-17-10/h1-2,5-6,10H,3-4,7-9H2,(H,15,16)/t10-/m1/s1. The van der Waals surface area contributed by atoms with Crippen molar-refractivity contribution in [1.82, 2.24) is 0 Å². The Hall–Kier alpha value is -1.07. The first-order valence-electron chi connectivity index (χ1n) is 5.99. The average molecular weight is 314 g/mol. The van der Waals surface area contributed by atoms with Gasteiger partial charge in [-0.2, -0.15) is 0 Å². The molecule has 1 amide bonds. The van der Waals surface area contributed by atoms with E-state index >= 15 is 0 Å². The fraction of sp³-hybridized carbons (Fsp3) is 0.462. The van der Waals surface area contributed by atoms with Crippen molar-refractivity contribution in [3.63, 3.8) is 0 Å². The van der Waals surface area contributed by atoms with Crippen molar-refractivity contribution in [2.24, 2.45) is 0 Å². The molecule has 1 heterocycles. The Labute approximate surface area is 115 Å². The number of amides is 1. The normalized spacial score (nSPS) is 18.6. The molecule has 5 heteroatoms. The highest BCUT2D eigenvalue weighted by Gasteiger charge is 2.16. The topological polar surface area (TPSA) is 47.6 Å². The molecule has 0 aromatic heterocycles. The highest BCUT2D eigenvalue weighted by atomic mass is 79.9. The number of hydrogen-bond acceptors (Lipinski definition) is 3. The van der Waals surface area contributed by atoms with Crippen LogP contribution in [0.4, 0.5) is 5.69 Å². The quantitative estimate of drug-likeness (QED) is 0.850. The van der Waals surface area contributed by atoms with Crippen LogP contribution in [0.1, 0.15) is 12.8 Å². The largest absolute Gasteiger partial charge is 0.489 e. The molecule has 1 aliphatic rings. The van der Waals surface area contributed by atoms with Crippen LogP contribution >= 0.6 is 15.9 Å². The van der Waals surface area contributed by atoms with Gasteiger partial charge in [0, 0.05) is 6.61 Å². The van der Waals surface area contributed by atoms with Crippen molar-refractivity contribution in [3.05, 3.63) is 24.3 Å². The van der Waals surface area contributed by atoms with Crippen molar-refractivity contribution in [1.29, 1.82) is 0 Å². The molecule has 4 nitrogen and oxygen atoms in total. The summed E-state index contributed by atoms with van der Waals surface area (Å²) < 4.78 is 11.2. The van der Waals surface area contributed by atoms with Crippen LogP contribution in [0.3, 0.4) is 0 Å². The summed E-state index contributed by atoms with van der Waals surface area (Å²) in [5.74, 6) is 0.588. The van der Waals surface area contributed by atoms with Crippen LogP contribution in [0.25, 0.3) is 0 Å². The average Bonchev–Trinajstić information content (AvgIpc) is 2.91. The van der Waals surface area contributed by atoms with Crippen molar-refractivity contribution in [2.75, 3.05) is 23.9 Å². The lowest BCUT2D eigenvalue weighted by Crippen LogP contribution is -2.18. The second-order valence-electron chi connectivity index (χ2n) is 4.12. The summed E-state index contributed by atoms with van der Waals surface area (Å²) in [4.78, 5) is 11.4. The van der Waals surface area contributed by atoms with E-state index in [1.807, 2.05) is 24.3 Å². The Morgan fingerprint density at radius 1 is 1.50 bits per heavy atom. The lowest BCUT2D eigenvalue weighted by Gasteiger charge is -2.14. The number of para-hydroxylation sites is 2. The molecule has 0 radical (unpaired) electrons. The minimum absolute atomic E-state index is 0.0943. The summed E-state index contributed by atoms with van der Waals surface area (Å²) in [5.41, 5.74) is 0.694. The second-order valence-corrected chi connectivity index (χ2v) is 4.68. The minimum Gasteiger partial charge on any atom is -0.489 e. The molecule has 1 aliphatic heterocycles. The maximum atomic E-state index is 11.4. The molecule has 1 atom stereocenters. The molecule has 98 valence electrons. The van der Waals surface area contributed by atoms with Crippen LogP contribution in [-0.4, -0.2) is 30.6 Å². The van der Waals surface area contributed by atoms with Gasteiger partial charge in [0.25, 0.3) is 0 Å². The third-order valence-corrected chi connectivity index (χ3v) is 3.24. The van der Waals surface area contributed by atoms with Gasteiger partial charge in [-0.15, -0.1) is 0 Å². The van der Waals surface area contributed by atoms with Crippen LogP contribution in [0.5, 0.6) is 5.75 Å². The number of alkyl halides is 1. The Morgan fingerprint density at radius 3 is 3.06 bits per heavy atom. The van der Waals surface area contributed by atoms with Gasteiger partial charge >= 0.3 is 0 Å². The van der Waals surface area contributed by atoms with E-state index in [1.54, 1.807) is 0 Å². The van der Waals surface area contributed by atoms with Gasteiger partial charge in [0.05, 0.1) is 17.1 Å². The predicted octanol–water partition coefficient (Wildman–Crippen LogP) is 2.58. The van der Waals surface area contributed by atoms with Crippen LogP contribution in [0, 0.1) is 0 Å². The number of nitrogens with one attached hydrogen (secondary N) is 1. The molecule has 18 heavy (non-hydrogen) atoms. The summed E-state index contributed by atoms with van der Waals surface area (Å²) in [6.07, 6.45) is 2.30. The number of carbonyl (C=O) groups is 1. The van der Waals surface area contributed by atoms with Crippen molar-refractivity contribution in [3.8, 4) is 5.75 Å². The fourth-order valence-electron chi connectivity index (χ4n) is 1.84. The number of rotatable bonds is 5. The number of hydrogen-bond donors (Lipinski definition) is 1. The van der Waals surface area contributed by atoms with E-state index < -0.39 is 0 Å². The number of ether oxygens (including phenoxy) is 2. The Morgan fingerprint density at radius 2 is 2.33 bits per heavy atom. The van der Waals surface area contributed by atoms with E-state index in [9.17, 15) is 4.79 Å². The predicted molar refractivity (Wildman–Crippen MR) is 73.3 cm³/mol. The van der Waals surface area contributed by atoms with Crippen molar-refractivity contribution < 1.29 is 14.3 Å². The zero-order valence-electron chi connectivity index (χ0n) is 10.0. The van der Waals surface area contributed by atoms with Gasteiger partial charge in [-0.3, -0.25) is 4.79 Å². The van der Waals surface area contributed by atoms with Gasteiger partial charge in [0.1, 0.15) is 12.4 Å². The molecular formula is C13H16BrNO3. The van der Waals surface area contributed by atoms with Crippen LogP contribution in [-0.2, 0) is 9.53 Å². The molecule has 0 aliphatic carbocycles. The highest BCUT2D eigenvalue weighted by Crippen LogP contribution is 2.25. The molecule has 0 bridgehead atoms. The monoisotopic (exact) mass is 313 g/mol. The molecular weight excluding hydrogens is 298 g/mol. The fourth-order valence-corrected chi connectivity index (χ4v) is 1.98. The molecule has 0 unspecified atom stereocenters. The van der Waals surface area contributed by atoms with Gasteiger partial charge in [0.15, 0.2) is 0 Å². The molecule has 2 rings (SSSR count). The van der Waals surface area contributed by atoms with E-state index in [4.69, 9.17) is 9.47 Å². The number of halogens is 1. The Bertz CT molecular complexity index is 405. The Balaban J connectivity index is 1.95. The van der Waals surface area contributed by atoms with Gasteiger partial charge in [-0.25, -0.2) is 0 Å². The summed E-state index contributed by atoms with van der Waals surface area (Å²) >= 11 is 3.12. The third kappa shape index (κ3) is 3.71. The van der Waals surface area contributed by atoms with Crippen LogP contribution in [0.2, 0.25) is 0 Å². The zero-order valence-corrected chi connectivity index (χ0v) is 11.6. The number of benzene rings is 1. The first kappa shape index (κ1) is 13.4. The van der Waals surface area contributed by atoms with Crippen LogP contribution < -0.4 is 10.1 Å². The molecule has 1 aromatic carbocycles. The smallest absolute Gasteiger partial charge is 0.235 e. The summed E-state index contributed by atoms with van der Waals surface area (Å²) in [6.45, 7) is 1.34. The minimum atomic E-state index is -0.0943. The van der Waals surface area contributed by atoms with Crippen LogP contribution in [0.15, 0.2) is 24.3 Å². The van der Waals surface area contributed by atoms with E-state index in [-0.39, 0.29) is 17.3 Å².